The highest BCUT2D eigenvalue weighted by molar-refractivity contribution is 6.31. The molecule has 1 N–H and O–H groups in total. The number of nitrogens with zero attached hydrogens (tertiary/aromatic N) is 6. The number of hydrogen-bond donors (Lipinski definition) is 1. The molecule has 1 saturated carbocycles. The molecule has 3 atom stereocenters. The maximum absolute atomic E-state index is 16.1. The number of likely N-dealkylation sites (N-methyl/N-ethyl adjacent to an activating group) is 1. The minimum Gasteiger partial charge on any atom is -0.481 e. The van der Waals surface area contributed by atoms with Crippen LogP contribution in [-0.4, -0.2) is 89.5 Å². The van der Waals surface area contributed by atoms with Crippen molar-refractivity contribution in [3.05, 3.63) is 75.4 Å². The number of rotatable bonds is 9. The number of hydrogen-bond acceptors (Lipinski definition) is 9. The van der Waals surface area contributed by atoms with Crippen LogP contribution >= 0.6 is 11.6 Å². The summed E-state index contributed by atoms with van der Waals surface area (Å²) < 4.78 is 28.9. The molecule has 1 unspecified atom stereocenters. The predicted molar refractivity (Wildman–Crippen MR) is 173 cm³/mol. The molecule has 2 aliphatic heterocycles. The van der Waals surface area contributed by atoms with E-state index in [-0.39, 0.29) is 35.4 Å². The van der Waals surface area contributed by atoms with Gasteiger partial charge in [0.15, 0.2) is 0 Å². The number of carbonyl (C=O) groups is 1. The molecule has 13 heteroatoms. The Morgan fingerprint density at radius 1 is 1.20 bits per heavy atom. The average molecular weight is 649 g/mol. The number of carboxylic acid groups (broad SMARTS) is 1. The monoisotopic (exact) mass is 648 g/mol. The van der Waals surface area contributed by atoms with Crippen molar-refractivity contribution in [2.75, 3.05) is 50.7 Å². The van der Waals surface area contributed by atoms with Crippen LogP contribution in [0.4, 0.5) is 15.9 Å². The number of anilines is 2. The molecular weight excluding hydrogens is 615 g/mol. The van der Waals surface area contributed by atoms with Crippen molar-refractivity contribution in [1.82, 2.24) is 19.4 Å². The zero-order chi connectivity index (χ0) is 32.5. The van der Waals surface area contributed by atoms with Crippen LogP contribution in [0, 0.1) is 11.2 Å². The third kappa shape index (κ3) is 5.09. The summed E-state index contributed by atoms with van der Waals surface area (Å²) in [4.78, 5) is 40.7. The molecule has 46 heavy (non-hydrogen) atoms. The second kappa shape index (κ2) is 11.1. The Balaban J connectivity index is 1.26. The Morgan fingerprint density at radius 3 is 2.65 bits per heavy atom. The van der Waals surface area contributed by atoms with Gasteiger partial charge in [-0.25, -0.2) is 14.2 Å². The second-order valence-corrected chi connectivity index (χ2v) is 13.3. The normalized spacial score (nSPS) is 22.2. The summed E-state index contributed by atoms with van der Waals surface area (Å²) >= 11 is 6.33. The molecular formula is C33H34ClFN6O5. The first kappa shape index (κ1) is 30.2. The van der Waals surface area contributed by atoms with Crippen LogP contribution in [0.15, 0.2) is 53.6 Å². The number of halogens is 2. The third-order valence-corrected chi connectivity index (χ3v) is 9.94. The minimum absolute atomic E-state index is 0.0178. The molecule has 11 nitrogen and oxygen atoms in total. The van der Waals surface area contributed by atoms with E-state index in [0.29, 0.717) is 33.8 Å². The first-order chi connectivity index (χ1) is 22.0. The number of carboxylic acids is 1. The quantitative estimate of drug-likeness (QED) is 0.279. The molecule has 1 aromatic carbocycles. The van der Waals surface area contributed by atoms with Gasteiger partial charge in [0.25, 0.3) is 0 Å². The highest BCUT2D eigenvalue weighted by Gasteiger charge is 2.62. The smallest absolute Gasteiger partial charge is 0.341 e. The summed E-state index contributed by atoms with van der Waals surface area (Å²) in [6.45, 7) is 4.08. The van der Waals surface area contributed by atoms with Crippen molar-refractivity contribution in [1.29, 1.82) is 0 Å². The van der Waals surface area contributed by atoms with Crippen molar-refractivity contribution < 1.29 is 23.8 Å². The predicted octanol–water partition coefficient (Wildman–Crippen LogP) is 4.47. The molecule has 2 saturated heterocycles. The topological polar surface area (TPSA) is 113 Å². The zero-order valence-corrected chi connectivity index (χ0v) is 26.7. The maximum Gasteiger partial charge on any atom is 0.341 e. The van der Waals surface area contributed by atoms with Gasteiger partial charge in [0.05, 0.1) is 36.2 Å². The Bertz CT molecular complexity index is 1910. The van der Waals surface area contributed by atoms with Gasteiger partial charge in [0.1, 0.15) is 28.8 Å². The van der Waals surface area contributed by atoms with Crippen molar-refractivity contribution in [3.8, 4) is 17.4 Å². The van der Waals surface area contributed by atoms with Crippen molar-refractivity contribution in [2.45, 2.75) is 37.9 Å². The van der Waals surface area contributed by atoms with Gasteiger partial charge in [-0.15, -0.1) is 0 Å². The summed E-state index contributed by atoms with van der Waals surface area (Å²) in [6.07, 6.45) is 4.59. The van der Waals surface area contributed by atoms with Gasteiger partial charge in [-0.2, -0.15) is 4.98 Å². The lowest BCUT2D eigenvalue weighted by atomic mass is 10.0. The van der Waals surface area contributed by atoms with E-state index in [1.807, 2.05) is 31.1 Å². The summed E-state index contributed by atoms with van der Waals surface area (Å²) in [5.41, 5.74) is 0.0216. The van der Waals surface area contributed by atoms with Crippen LogP contribution < -0.4 is 24.7 Å². The number of aromatic nitrogens is 3. The number of piperidine rings is 1. The van der Waals surface area contributed by atoms with Gasteiger partial charge >= 0.3 is 5.97 Å². The van der Waals surface area contributed by atoms with E-state index in [4.69, 9.17) is 21.1 Å². The molecule has 7 rings (SSSR count). The Labute approximate surface area is 269 Å². The lowest BCUT2D eigenvalue weighted by molar-refractivity contribution is 0.0695. The highest BCUT2D eigenvalue weighted by atomic mass is 35.5. The second-order valence-electron chi connectivity index (χ2n) is 12.9. The summed E-state index contributed by atoms with van der Waals surface area (Å²) in [6, 6.07) is 10.1. The summed E-state index contributed by atoms with van der Waals surface area (Å²) in [5.74, 6) is -0.607. The largest absolute Gasteiger partial charge is 0.481 e. The number of benzene rings is 1. The number of aromatic carboxylic acids is 1. The lowest BCUT2D eigenvalue weighted by Crippen LogP contribution is -2.57. The highest BCUT2D eigenvalue weighted by Crippen LogP contribution is 2.60. The van der Waals surface area contributed by atoms with Gasteiger partial charge in [0, 0.05) is 42.8 Å². The van der Waals surface area contributed by atoms with Gasteiger partial charge in [-0.3, -0.25) is 4.79 Å². The van der Waals surface area contributed by atoms with E-state index in [0.717, 1.165) is 37.8 Å². The molecule has 4 aromatic rings. The van der Waals surface area contributed by atoms with E-state index in [1.165, 1.54) is 13.3 Å². The summed E-state index contributed by atoms with van der Waals surface area (Å²) in [7, 11) is 5.60. The third-order valence-electron chi connectivity index (χ3n) is 9.65. The summed E-state index contributed by atoms with van der Waals surface area (Å²) in [5, 5.41) is 10.2. The molecule has 240 valence electrons. The number of methoxy groups -OCH3 is 1. The standard InChI is InChI=1S/C33H34ClFN6O5/c1-33-11-19(17-46-31-23(34)6-8-29(37-31)45-4)41(27(33)12-33)26-10-25-21(9-24(26)35)30(42)22(32(43)44)16-40(25)18-5-7-28(36-13-18)39-14-20(15-39)38(2)3/h5-10,13,16,19-20,27H,11-12,14-15,17H2,1-4H3,(H,43,44)/t19-,27-,33?/m1/s1. The van der Waals surface area contributed by atoms with Crippen LogP contribution in [0.5, 0.6) is 11.8 Å². The molecule has 0 bridgehead atoms. The fourth-order valence-corrected chi connectivity index (χ4v) is 6.96. The molecule has 0 spiro atoms. The first-order valence-corrected chi connectivity index (χ1v) is 15.5. The molecule has 5 heterocycles. The van der Waals surface area contributed by atoms with E-state index in [9.17, 15) is 14.7 Å². The van der Waals surface area contributed by atoms with Crippen molar-refractivity contribution in [2.24, 2.45) is 5.41 Å². The maximum atomic E-state index is 16.1. The van der Waals surface area contributed by atoms with Crippen LogP contribution in [0.25, 0.3) is 16.6 Å². The van der Waals surface area contributed by atoms with Crippen LogP contribution in [0.2, 0.25) is 5.02 Å². The average Bonchev–Trinajstić information content (AvgIpc) is 3.57. The van der Waals surface area contributed by atoms with E-state index in [1.54, 1.807) is 29.0 Å². The minimum atomic E-state index is -1.39. The molecule has 3 aliphatic rings. The van der Waals surface area contributed by atoms with Gasteiger partial charge < -0.3 is 33.8 Å². The fraction of sp³-hybridized carbons (Fsp3) is 0.394. The van der Waals surface area contributed by atoms with Gasteiger partial charge in [-0.1, -0.05) is 18.5 Å². The number of pyridine rings is 3. The molecule has 3 aromatic heterocycles. The van der Waals surface area contributed by atoms with Crippen LogP contribution in [0.1, 0.15) is 30.1 Å². The van der Waals surface area contributed by atoms with Crippen molar-refractivity contribution >= 4 is 40.0 Å². The van der Waals surface area contributed by atoms with Gasteiger partial charge in [0.2, 0.25) is 17.2 Å². The zero-order valence-electron chi connectivity index (χ0n) is 25.9. The van der Waals surface area contributed by atoms with Crippen molar-refractivity contribution in [3.63, 3.8) is 0 Å². The number of fused-ring (bicyclic) bond motifs is 2. The van der Waals surface area contributed by atoms with Gasteiger partial charge in [-0.05, 0) is 62.7 Å². The number of ether oxygens (including phenoxy) is 2. The SMILES string of the molecule is COc1ccc(Cl)c(OC[C@H]2CC3(C)C[C@H]3N2c2cc3c(cc2F)c(=O)c(C(=O)O)cn3-c2ccc(N3CC(N(C)C)C3)nc2)n1. The Kier molecular flexibility index (Phi) is 7.32. The molecule has 1 aliphatic carbocycles. The Hall–Kier alpha value is -4.42. The Morgan fingerprint density at radius 2 is 1.98 bits per heavy atom. The molecule has 0 amide bonds. The lowest BCUT2D eigenvalue weighted by Gasteiger charge is -2.43. The van der Waals surface area contributed by atoms with Crippen LogP contribution in [-0.2, 0) is 0 Å². The molecule has 0 radical (unpaired) electrons. The van der Waals surface area contributed by atoms with E-state index >= 15 is 4.39 Å². The van der Waals surface area contributed by atoms with Crippen LogP contribution in [0.3, 0.4) is 0 Å². The first-order valence-electron chi connectivity index (χ1n) is 15.1. The fourth-order valence-electron chi connectivity index (χ4n) is 6.80. The van der Waals surface area contributed by atoms with E-state index in [2.05, 4.69) is 26.7 Å². The van der Waals surface area contributed by atoms with E-state index < -0.39 is 22.8 Å². The molecule has 3 fully saturated rings.